The molecule has 3 heteroatoms. The summed E-state index contributed by atoms with van der Waals surface area (Å²) >= 11 is 6.48. The zero-order valence-electron chi connectivity index (χ0n) is 21.4. The maximum atomic E-state index is 6.48. The minimum atomic E-state index is 0.699. The number of hydrogen-bond acceptors (Lipinski definition) is 2. The van der Waals surface area contributed by atoms with Crippen molar-refractivity contribution in [2.75, 3.05) is 9.80 Å². The highest BCUT2D eigenvalue weighted by atomic mass is 35.5. The zero-order valence-corrected chi connectivity index (χ0v) is 22.1. The van der Waals surface area contributed by atoms with E-state index >= 15 is 0 Å². The molecule has 2 nitrogen and oxygen atoms in total. The maximum absolute atomic E-state index is 6.48. The van der Waals surface area contributed by atoms with Crippen molar-refractivity contribution in [1.29, 1.82) is 0 Å². The van der Waals surface area contributed by atoms with Gasteiger partial charge in [-0.25, -0.2) is 0 Å². The summed E-state index contributed by atoms with van der Waals surface area (Å²) < 4.78 is 0. The van der Waals surface area contributed by atoms with Crippen molar-refractivity contribution in [2.45, 2.75) is 0 Å². The molecule has 0 saturated heterocycles. The van der Waals surface area contributed by atoms with Crippen LogP contribution in [0.5, 0.6) is 0 Å². The summed E-state index contributed by atoms with van der Waals surface area (Å²) in [5, 5.41) is 0.699. The molecular weight excluding hydrogens is 496 g/mol. The summed E-state index contributed by atoms with van der Waals surface area (Å²) in [5.41, 5.74) is 8.74. The average molecular weight is 523 g/mol. The molecular formula is C36H27ClN2. The van der Waals surface area contributed by atoms with Crippen molar-refractivity contribution in [1.82, 2.24) is 0 Å². The Kier molecular flexibility index (Phi) is 7.11. The summed E-state index contributed by atoms with van der Waals surface area (Å²) in [7, 11) is 0. The Morgan fingerprint density at radius 2 is 0.692 bits per heavy atom. The van der Waals surface area contributed by atoms with E-state index < -0.39 is 0 Å². The first-order valence-corrected chi connectivity index (χ1v) is 13.4. The molecule has 0 aliphatic rings. The summed E-state index contributed by atoms with van der Waals surface area (Å²) in [6.45, 7) is 0. The minimum absolute atomic E-state index is 0.699. The van der Waals surface area contributed by atoms with E-state index in [9.17, 15) is 0 Å². The highest BCUT2D eigenvalue weighted by Crippen LogP contribution is 2.41. The summed E-state index contributed by atoms with van der Waals surface area (Å²) in [5.74, 6) is 0. The molecule has 0 aliphatic heterocycles. The van der Waals surface area contributed by atoms with E-state index in [0.29, 0.717) is 5.02 Å². The maximum Gasteiger partial charge on any atom is 0.0482 e. The van der Waals surface area contributed by atoms with Crippen LogP contribution in [0.1, 0.15) is 0 Å². The molecule has 0 amide bonds. The predicted octanol–water partition coefficient (Wildman–Crippen LogP) is 10.9. The monoisotopic (exact) mass is 522 g/mol. The van der Waals surface area contributed by atoms with Gasteiger partial charge in [-0.05, 0) is 83.9 Å². The van der Waals surface area contributed by atoms with Crippen LogP contribution in [0.2, 0.25) is 5.02 Å². The molecule has 0 radical (unpaired) electrons. The molecule has 6 aromatic rings. The van der Waals surface area contributed by atoms with E-state index in [2.05, 4.69) is 137 Å². The van der Waals surface area contributed by atoms with E-state index in [0.717, 1.165) is 34.1 Å². The van der Waals surface area contributed by atoms with E-state index in [1.807, 2.05) is 36.4 Å². The van der Waals surface area contributed by atoms with Gasteiger partial charge in [-0.1, -0.05) is 103 Å². The molecule has 0 spiro atoms. The van der Waals surface area contributed by atoms with Crippen molar-refractivity contribution in [2.24, 2.45) is 0 Å². The summed E-state index contributed by atoms with van der Waals surface area (Å²) in [4.78, 5) is 4.52. The lowest BCUT2D eigenvalue weighted by Crippen LogP contribution is -2.13. The smallest absolute Gasteiger partial charge is 0.0482 e. The Morgan fingerprint density at radius 1 is 0.308 bits per heavy atom. The molecule has 0 aliphatic carbocycles. The molecule has 0 N–H and O–H groups in total. The standard InChI is InChI=1S/C36H27ClN2/c37-30-14-10-19-34(26-30)39(33-24-22-29(23-25-33)28-12-4-1-5-13-28)36-21-11-20-35(27-36)38(31-15-6-2-7-16-31)32-17-8-3-9-18-32/h1-27H. The highest BCUT2D eigenvalue weighted by Gasteiger charge is 2.17. The molecule has 0 bridgehead atoms. The SMILES string of the molecule is Clc1cccc(N(c2ccc(-c3ccccc3)cc2)c2cccc(N(c3ccccc3)c3ccccc3)c2)c1. The van der Waals surface area contributed by atoms with Crippen LogP contribution in [0, 0.1) is 0 Å². The fourth-order valence-electron chi connectivity index (χ4n) is 4.87. The lowest BCUT2D eigenvalue weighted by Gasteiger charge is -2.29. The van der Waals surface area contributed by atoms with Crippen LogP contribution in [-0.4, -0.2) is 0 Å². The molecule has 6 rings (SSSR count). The van der Waals surface area contributed by atoms with Crippen molar-refractivity contribution in [3.05, 3.63) is 169 Å². The molecule has 0 atom stereocenters. The van der Waals surface area contributed by atoms with Crippen LogP contribution in [-0.2, 0) is 0 Å². The Labute approximate surface area is 235 Å². The number of halogens is 1. The fourth-order valence-corrected chi connectivity index (χ4v) is 5.05. The van der Waals surface area contributed by atoms with Crippen LogP contribution in [0.25, 0.3) is 11.1 Å². The lowest BCUT2D eigenvalue weighted by molar-refractivity contribution is 1.25. The number of nitrogens with zero attached hydrogens (tertiary/aromatic N) is 2. The first kappa shape index (κ1) is 24.5. The molecule has 0 unspecified atom stereocenters. The number of rotatable bonds is 7. The molecule has 0 heterocycles. The molecule has 0 aromatic heterocycles. The zero-order chi connectivity index (χ0) is 26.4. The third-order valence-electron chi connectivity index (χ3n) is 6.67. The first-order valence-electron chi connectivity index (χ1n) is 13.0. The Morgan fingerprint density at radius 3 is 1.23 bits per heavy atom. The highest BCUT2D eigenvalue weighted by molar-refractivity contribution is 6.30. The van der Waals surface area contributed by atoms with Gasteiger partial charge in [0.1, 0.15) is 0 Å². The van der Waals surface area contributed by atoms with Gasteiger partial charge in [0.25, 0.3) is 0 Å². The van der Waals surface area contributed by atoms with Crippen molar-refractivity contribution < 1.29 is 0 Å². The van der Waals surface area contributed by atoms with Crippen LogP contribution in [0.15, 0.2) is 164 Å². The Balaban J connectivity index is 1.46. The van der Waals surface area contributed by atoms with Crippen LogP contribution >= 0.6 is 11.6 Å². The number of hydrogen-bond donors (Lipinski definition) is 0. The van der Waals surface area contributed by atoms with Gasteiger partial charge in [-0.2, -0.15) is 0 Å². The fraction of sp³-hybridized carbons (Fsp3) is 0. The molecule has 39 heavy (non-hydrogen) atoms. The third-order valence-corrected chi connectivity index (χ3v) is 6.91. The van der Waals surface area contributed by atoms with Gasteiger partial charge < -0.3 is 9.80 Å². The van der Waals surface area contributed by atoms with Gasteiger partial charge in [0.15, 0.2) is 0 Å². The summed E-state index contributed by atoms with van der Waals surface area (Å²) in [6, 6.07) is 56.7. The van der Waals surface area contributed by atoms with Gasteiger partial charge in [0, 0.05) is 39.1 Å². The second kappa shape index (κ2) is 11.3. The van der Waals surface area contributed by atoms with Crippen molar-refractivity contribution >= 4 is 45.7 Å². The van der Waals surface area contributed by atoms with E-state index in [-0.39, 0.29) is 0 Å². The van der Waals surface area contributed by atoms with Crippen molar-refractivity contribution in [3.63, 3.8) is 0 Å². The van der Waals surface area contributed by atoms with Crippen LogP contribution < -0.4 is 9.80 Å². The normalized spacial score (nSPS) is 10.7. The number of para-hydroxylation sites is 2. The van der Waals surface area contributed by atoms with Gasteiger partial charge in [-0.3, -0.25) is 0 Å². The van der Waals surface area contributed by atoms with Gasteiger partial charge >= 0.3 is 0 Å². The second-order valence-electron chi connectivity index (χ2n) is 9.25. The Bertz CT molecular complexity index is 1610. The Hall–Kier alpha value is -4.79. The first-order chi connectivity index (χ1) is 19.3. The third kappa shape index (κ3) is 5.43. The van der Waals surface area contributed by atoms with Gasteiger partial charge in [0.2, 0.25) is 0 Å². The van der Waals surface area contributed by atoms with Gasteiger partial charge in [-0.15, -0.1) is 0 Å². The van der Waals surface area contributed by atoms with E-state index in [1.54, 1.807) is 0 Å². The van der Waals surface area contributed by atoms with Crippen LogP contribution in [0.4, 0.5) is 34.1 Å². The molecule has 6 aromatic carbocycles. The van der Waals surface area contributed by atoms with Crippen LogP contribution in [0.3, 0.4) is 0 Å². The second-order valence-corrected chi connectivity index (χ2v) is 9.69. The van der Waals surface area contributed by atoms with Gasteiger partial charge in [0.05, 0.1) is 0 Å². The van der Waals surface area contributed by atoms with E-state index in [4.69, 9.17) is 11.6 Å². The van der Waals surface area contributed by atoms with Crippen molar-refractivity contribution in [3.8, 4) is 11.1 Å². The lowest BCUT2D eigenvalue weighted by atomic mass is 10.0. The minimum Gasteiger partial charge on any atom is -0.310 e. The average Bonchev–Trinajstić information content (AvgIpc) is 3.00. The number of benzene rings is 6. The molecule has 0 saturated carbocycles. The molecule has 188 valence electrons. The quantitative estimate of drug-likeness (QED) is 0.206. The largest absolute Gasteiger partial charge is 0.310 e. The summed E-state index contributed by atoms with van der Waals surface area (Å²) in [6.07, 6.45) is 0. The molecule has 0 fully saturated rings. The topological polar surface area (TPSA) is 6.48 Å². The van der Waals surface area contributed by atoms with E-state index in [1.165, 1.54) is 11.1 Å². The predicted molar refractivity (Wildman–Crippen MR) is 166 cm³/mol. The number of anilines is 6.